The number of benzene rings is 1. The van der Waals surface area contributed by atoms with E-state index in [9.17, 15) is 4.79 Å². The zero-order chi connectivity index (χ0) is 21.3. The average Bonchev–Trinajstić information content (AvgIpc) is 3.11. The molecular weight excluding hydrogens is 370 g/mol. The number of fused-ring (bicyclic) bond motifs is 1. The number of hydrogen-bond donors (Lipinski definition) is 1. The molecule has 0 aliphatic carbocycles. The van der Waals surface area contributed by atoms with E-state index < -0.39 is 0 Å². The van der Waals surface area contributed by atoms with Crippen molar-refractivity contribution in [2.75, 3.05) is 13.1 Å². The highest BCUT2D eigenvalue weighted by Crippen LogP contribution is 2.35. The molecule has 2 aromatic heterocycles. The summed E-state index contributed by atoms with van der Waals surface area (Å²) in [6.07, 6.45) is 4.71. The number of hydrogen-bond acceptors (Lipinski definition) is 2. The van der Waals surface area contributed by atoms with Gasteiger partial charge in [0, 0.05) is 53.1 Å². The first-order valence-electron chi connectivity index (χ1n) is 11.4. The van der Waals surface area contributed by atoms with Crippen LogP contribution in [0.2, 0.25) is 0 Å². The van der Waals surface area contributed by atoms with Crippen molar-refractivity contribution in [3.63, 3.8) is 0 Å². The highest BCUT2D eigenvalue weighted by molar-refractivity contribution is 5.91. The van der Waals surface area contributed by atoms with Gasteiger partial charge in [0.2, 0.25) is 5.91 Å². The molecule has 1 aliphatic rings. The van der Waals surface area contributed by atoms with E-state index in [1.54, 1.807) is 0 Å². The molecule has 0 atom stereocenters. The maximum absolute atomic E-state index is 12.2. The van der Waals surface area contributed by atoms with Crippen LogP contribution < -0.4 is 0 Å². The van der Waals surface area contributed by atoms with Gasteiger partial charge < -0.3 is 9.88 Å². The minimum absolute atomic E-state index is 0.317. The molecule has 0 unspecified atom stereocenters. The molecule has 158 valence electrons. The Morgan fingerprint density at radius 1 is 1.10 bits per heavy atom. The van der Waals surface area contributed by atoms with Crippen LogP contribution in [-0.2, 0) is 11.2 Å². The molecule has 3 aromatic rings. The van der Waals surface area contributed by atoms with E-state index in [0.29, 0.717) is 18.2 Å². The monoisotopic (exact) mass is 403 g/mol. The molecule has 4 nitrogen and oxygen atoms in total. The number of amides is 1. The molecule has 1 aliphatic heterocycles. The zero-order valence-corrected chi connectivity index (χ0v) is 18.7. The lowest BCUT2D eigenvalue weighted by molar-refractivity contribution is -0.132. The highest BCUT2D eigenvalue weighted by atomic mass is 16.2. The second-order valence-corrected chi connectivity index (χ2v) is 8.68. The predicted molar refractivity (Wildman–Crippen MR) is 124 cm³/mol. The minimum atomic E-state index is 0.317. The third-order valence-corrected chi connectivity index (χ3v) is 6.44. The Labute approximate surface area is 179 Å². The van der Waals surface area contributed by atoms with Gasteiger partial charge >= 0.3 is 0 Å². The molecule has 1 N–H and O–H groups in total. The number of nitrogens with zero attached hydrogens (tertiary/aromatic N) is 2. The van der Waals surface area contributed by atoms with Gasteiger partial charge in [-0.25, -0.2) is 0 Å². The van der Waals surface area contributed by atoms with Crippen molar-refractivity contribution in [1.29, 1.82) is 0 Å². The van der Waals surface area contributed by atoms with Crippen LogP contribution in [0.4, 0.5) is 0 Å². The number of carbonyl (C=O) groups excluding carboxylic acids is 1. The van der Waals surface area contributed by atoms with E-state index in [-0.39, 0.29) is 0 Å². The van der Waals surface area contributed by atoms with Gasteiger partial charge in [0.25, 0.3) is 0 Å². The van der Waals surface area contributed by atoms with Gasteiger partial charge in [-0.2, -0.15) is 0 Å². The van der Waals surface area contributed by atoms with Crippen molar-refractivity contribution in [2.45, 2.75) is 65.7 Å². The summed E-state index contributed by atoms with van der Waals surface area (Å²) in [5.74, 6) is 0.853. The first kappa shape index (κ1) is 20.6. The summed E-state index contributed by atoms with van der Waals surface area (Å²) in [5.41, 5.74) is 8.54. The van der Waals surface area contributed by atoms with Crippen LogP contribution in [0, 0.1) is 13.8 Å². The maximum atomic E-state index is 12.2. The van der Waals surface area contributed by atoms with Gasteiger partial charge in [0.15, 0.2) is 0 Å². The van der Waals surface area contributed by atoms with Gasteiger partial charge in [-0.05, 0) is 80.8 Å². The molecule has 0 spiro atoms. The number of aryl methyl sites for hydroxylation is 3. The number of aromatic nitrogens is 2. The van der Waals surface area contributed by atoms with E-state index in [1.807, 2.05) is 0 Å². The van der Waals surface area contributed by atoms with Crippen molar-refractivity contribution in [3.8, 4) is 11.3 Å². The number of carbonyl (C=O) groups is 1. The predicted octanol–water partition coefficient (Wildman–Crippen LogP) is 5.92. The summed E-state index contributed by atoms with van der Waals surface area (Å²) in [6, 6.07) is 11.2. The number of piperidine rings is 1. The number of H-pyrrole nitrogens is 1. The number of rotatable bonds is 5. The molecular formula is C26H33N3O. The van der Waals surface area contributed by atoms with Crippen molar-refractivity contribution in [3.05, 3.63) is 52.8 Å². The van der Waals surface area contributed by atoms with Crippen LogP contribution in [0.3, 0.4) is 0 Å². The van der Waals surface area contributed by atoms with Crippen molar-refractivity contribution in [2.24, 2.45) is 0 Å². The minimum Gasteiger partial charge on any atom is -0.354 e. The average molecular weight is 404 g/mol. The fourth-order valence-electron chi connectivity index (χ4n) is 4.95. The summed E-state index contributed by atoms with van der Waals surface area (Å²) >= 11 is 0. The summed E-state index contributed by atoms with van der Waals surface area (Å²) < 4.78 is 0. The second kappa shape index (κ2) is 8.63. The Morgan fingerprint density at radius 2 is 1.80 bits per heavy atom. The quantitative estimate of drug-likeness (QED) is 0.575. The van der Waals surface area contributed by atoms with Crippen molar-refractivity contribution in [1.82, 2.24) is 14.9 Å². The molecule has 0 bridgehead atoms. The Morgan fingerprint density at radius 3 is 2.43 bits per heavy atom. The molecule has 4 heteroatoms. The molecule has 0 saturated carbocycles. The summed E-state index contributed by atoms with van der Waals surface area (Å²) in [5, 5.41) is 1.33. The first-order valence-corrected chi connectivity index (χ1v) is 11.4. The van der Waals surface area contributed by atoms with Crippen LogP contribution in [0.1, 0.15) is 68.0 Å². The SMILES string of the molecule is CCCC(=O)N1CCC(c2ccc3[nH]c(-c4cc(C)nc(C)c4)c(CC)c3c2)CC1. The lowest BCUT2D eigenvalue weighted by Crippen LogP contribution is -2.37. The van der Waals surface area contributed by atoms with E-state index in [4.69, 9.17) is 0 Å². The van der Waals surface area contributed by atoms with Gasteiger partial charge in [-0.1, -0.05) is 19.9 Å². The second-order valence-electron chi connectivity index (χ2n) is 8.68. The fraction of sp³-hybridized carbons (Fsp3) is 0.462. The summed E-state index contributed by atoms with van der Waals surface area (Å²) in [4.78, 5) is 22.5. The molecule has 1 aromatic carbocycles. The number of pyridine rings is 1. The number of likely N-dealkylation sites (tertiary alicyclic amines) is 1. The Balaban J connectivity index is 1.63. The maximum Gasteiger partial charge on any atom is 0.222 e. The Bertz CT molecular complexity index is 1040. The van der Waals surface area contributed by atoms with Crippen LogP contribution in [0.5, 0.6) is 0 Å². The molecule has 30 heavy (non-hydrogen) atoms. The molecule has 4 rings (SSSR count). The summed E-state index contributed by atoms with van der Waals surface area (Å²) in [7, 11) is 0. The van der Waals surface area contributed by atoms with E-state index >= 15 is 0 Å². The lowest BCUT2D eigenvalue weighted by atomic mass is 9.88. The Kier molecular flexibility index (Phi) is 5.94. The topological polar surface area (TPSA) is 49.0 Å². The van der Waals surface area contributed by atoms with Crippen molar-refractivity contribution < 1.29 is 4.79 Å². The van der Waals surface area contributed by atoms with Gasteiger partial charge in [0.05, 0.1) is 0 Å². The highest BCUT2D eigenvalue weighted by Gasteiger charge is 2.24. The van der Waals surface area contributed by atoms with E-state index in [1.165, 1.54) is 33.3 Å². The number of aromatic amines is 1. The number of nitrogens with one attached hydrogen (secondary N) is 1. The van der Waals surface area contributed by atoms with Crippen LogP contribution in [0.15, 0.2) is 30.3 Å². The molecule has 3 heterocycles. The molecule has 1 amide bonds. The Hall–Kier alpha value is -2.62. The largest absolute Gasteiger partial charge is 0.354 e. The fourth-order valence-corrected chi connectivity index (χ4v) is 4.95. The van der Waals surface area contributed by atoms with Gasteiger partial charge in [0.1, 0.15) is 0 Å². The molecule has 1 fully saturated rings. The van der Waals surface area contributed by atoms with Crippen LogP contribution >= 0.6 is 0 Å². The lowest BCUT2D eigenvalue weighted by Gasteiger charge is -2.32. The smallest absolute Gasteiger partial charge is 0.222 e. The standard InChI is InChI=1S/C26H33N3O/c1-5-7-25(30)29-12-10-19(11-13-29)20-8-9-24-23(16-20)22(6-2)26(28-24)21-14-17(3)27-18(4)15-21/h8-9,14-16,19,28H,5-7,10-13H2,1-4H3. The van der Waals surface area contributed by atoms with Crippen LogP contribution in [0.25, 0.3) is 22.2 Å². The molecule has 1 saturated heterocycles. The van der Waals surface area contributed by atoms with Crippen molar-refractivity contribution >= 4 is 16.8 Å². The zero-order valence-electron chi connectivity index (χ0n) is 18.7. The van der Waals surface area contributed by atoms with E-state index in [0.717, 1.165) is 50.2 Å². The van der Waals surface area contributed by atoms with E-state index in [2.05, 4.69) is 72.9 Å². The molecule has 0 radical (unpaired) electrons. The van der Waals surface area contributed by atoms with Gasteiger partial charge in [-0.3, -0.25) is 9.78 Å². The van der Waals surface area contributed by atoms with Crippen LogP contribution in [-0.4, -0.2) is 33.9 Å². The summed E-state index contributed by atoms with van der Waals surface area (Å²) in [6.45, 7) is 10.2. The first-order chi connectivity index (χ1) is 14.5. The normalized spacial score (nSPS) is 15.1. The van der Waals surface area contributed by atoms with Gasteiger partial charge in [-0.15, -0.1) is 0 Å². The third-order valence-electron chi connectivity index (χ3n) is 6.44. The third kappa shape index (κ3) is 4.00.